The zero-order valence-electron chi connectivity index (χ0n) is 20.6. The Morgan fingerprint density at radius 2 is 1.63 bits per heavy atom. The minimum absolute atomic E-state index is 0.100. The highest BCUT2D eigenvalue weighted by Gasteiger charge is 2.28. The van der Waals surface area contributed by atoms with Crippen LogP contribution in [0.4, 0.5) is 5.69 Å². The van der Waals surface area contributed by atoms with Crippen molar-refractivity contribution in [3.8, 4) is 5.75 Å². The minimum Gasteiger partial charge on any atom is -0.496 e. The summed E-state index contributed by atoms with van der Waals surface area (Å²) in [6.45, 7) is 7.63. The quantitative estimate of drug-likeness (QED) is 0.388. The fraction of sp³-hybridized carbons (Fsp3) is 0.296. The van der Waals surface area contributed by atoms with Gasteiger partial charge in [-0.3, -0.25) is 9.10 Å². The number of anilines is 1. The number of nitrogens with one attached hydrogen (secondary N) is 1. The van der Waals surface area contributed by atoms with E-state index in [1.54, 1.807) is 49.6 Å². The van der Waals surface area contributed by atoms with Crippen LogP contribution >= 0.6 is 11.6 Å². The molecule has 35 heavy (non-hydrogen) atoms. The van der Waals surface area contributed by atoms with Gasteiger partial charge in [0.1, 0.15) is 12.3 Å². The van der Waals surface area contributed by atoms with Crippen LogP contribution in [0.5, 0.6) is 5.75 Å². The Bertz CT molecular complexity index is 1280. The maximum atomic E-state index is 13.5. The molecule has 3 aromatic carbocycles. The number of methoxy groups -OCH3 is 1. The van der Waals surface area contributed by atoms with E-state index >= 15 is 0 Å². The van der Waals surface area contributed by atoms with Gasteiger partial charge in [0, 0.05) is 5.02 Å². The summed E-state index contributed by atoms with van der Waals surface area (Å²) in [7, 11) is -2.34. The zero-order valence-corrected chi connectivity index (χ0v) is 22.2. The van der Waals surface area contributed by atoms with Crippen LogP contribution in [0.1, 0.15) is 49.4 Å². The summed E-state index contributed by atoms with van der Waals surface area (Å²) in [5, 5.41) is 3.44. The summed E-state index contributed by atoms with van der Waals surface area (Å²) >= 11 is 6.01. The van der Waals surface area contributed by atoms with Crippen LogP contribution in [-0.2, 0) is 14.8 Å². The number of rotatable bonds is 9. The average Bonchev–Trinajstić information content (AvgIpc) is 2.83. The van der Waals surface area contributed by atoms with Crippen LogP contribution in [0.2, 0.25) is 5.02 Å². The third kappa shape index (κ3) is 6.16. The molecule has 0 aliphatic rings. The second kappa shape index (κ2) is 11.1. The molecule has 0 aromatic heterocycles. The number of sulfonamides is 1. The highest BCUT2D eigenvalue weighted by atomic mass is 35.5. The van der Waals surface area contributed by atoms with Gasteiger partial charge < -0.3 is 10.1 Å². The molecule has 1 N–H and O–H groups in total. The lowest BCUT2D eigenvalue weighted by atomic mass is 9.93. The molecule has 0 heterocycles. The number of aryl methyl sites for hydroxylation is 1. The number of hydrogen-bond acceptors (Lipinski definition) is 4. The molecule has 0 bridgehead atoms. The van der Waals surface area contributed by atoms with E-state index in [0.717, 1.165) is 26.7 Å². The fourth-order valence-corrected chi connectivity index (χ4v) is 5.52. The number of carbonyl (C=O) groups excluding carboxylic acids is 1. The van der Waals surface area contributed by atoms with E-state index < -0.39 is 15.9 Å². The number of nitrogens with zero attached hydrogens (tertiary/aromatic N) is 1. The topological polar surface area (TPSA) is 75.7 Å². The van der Waals surface area contributed by atoms with E-state index in [4.69, 9.17) is 16.3 Å². The number of amides is 1. The van der Waals surface area contributed by atoms with Gasteiger partial charge in [-0.05, 0) is 85.0 Å². The summed E-state index contributed by atoms with van der Waals surface area (Å²) in [6, 6.07) is 18.1. The fourth-order valence-electron chi connectivity index (χ4n) is 3.95. The van der Waals surface area contributed by atoms with Crippen LogP contribution in [0.3, 0.4) is 0 Å². The summed E-state index contributed by atoms with van der Waals surface area (Å²) in [5.74, 6) is 0.625. The lowest BCUT2D eigenvalue weighted by Gasteiger charge is -2.26. The monoisotopic (exact) mass is 514 g/mol. The van der Waals surface area contributed by atoms with Crippen molar-refractivity contribution in [2.24, 2.45) is 0 Å². The molecule has 0 unspecified atom stereocenters. The van der Waals surface area contributed by atoms with Gasteiger partial charge in [0.15, 0.2) is 0 Å². The normalized spacial score (nSPS) is 12.3. The molecule has 1 amide bonds. The number of carbonyl (C=O) groups is 1. The SMILES string of the molecule is COc1cc(C)c([C@@H](C)NC(=O)CN(c2ccc(Cl)cc2)S(=O)(=O)c2ccccc2)cc1C(C)C. The van der Waals surface area contributed by atoms with Crippen LogP contribution in [0.15, 0.2) is 71.6 Å². The summed E-state index contributed by atoms with van der Waals surface area (Å²) in [5.41, 5.74) is 3.32. The van der Waals surface area contributed by atoms with Crippen molar-refractivity contribution >= 4 is 33.2 Å². The Balaban J connectivity index is 1.90. The van der Waals surface area contributed by atoms with E-state index in [2.05, 4.69) is 19.2 Å². The molecule has 1 atom stereocenters. The Labute approximate surface area is 212 Å². The summed E-state index contributed by atoms with van der Waals surface area (Å²) in [6.07, 6.45) is 0. The number of hydrogen-bond donors (Lipinski definition) is 1. The Kier molecular flexibility index (Phi) is 8.46. The number of ether oxygens (including phenoxy) is 1. The highest BCUT2D eigenvalue weighted by Crippen LogP contribution is 2.32. The van der Waals surface area contributed by atoms with Gasteiger partial charge in [0.25, 0.3) is 10.0 Å². The highest BCUT2D eigenvalue weighted by molar-refractivity contribution is 7.92. The molecule has 3 rings (SSSR count). The molecular weight excluding hydrogens is 484 g/mol. The predicted octanol–water partition coefficient (Wildman–Crippen LogP) is 5.85. The Hall–Kier alpha value is -3.03. The third-order valence-electron chi connectivity index (χ3n) is 5.82. The van der Waals surface area contributed by atoms with Crippen LogP contribution in [0, 0.1) is 6.92 Å². The average molecular weight is 515 g/mol. The van der Waals surface area contributed by atoms with E-state index in [-0.39, 0.29) is 23.4 Å². The van der Waals surface area contributed by atoms with E-state index in [0.29, 0.717) is 10.7 Å². The third-order valence-corrected chi connectivity index (χ3v) is 7.86. The van der Waals surface area contributed by atoms with Crippen molar-refractivity contribution in [2.75, 3.05) is 18.0 Å². The van der Waals surface area contributed by atoms with Crippen molar-refractivity contribution in [2.45, 2.75) is 44.6 Å². The molecule has 0 saturated heterocycles. The van der Waals surface area contributed by atoms with Crippen molar-refractivity contribution in [3.05, 3.63) is 88.4 Å². The standard InChI is InChI=1S/C27H31ClN2O4S/c1-18(2)24-16-25(19(3)15-26(24)34-5)20(4)29-27(31)17-30(22-13-11-21(28)12-14-22)35(32,33)23-9-7-6-8-10-23/h6-16,18,20H,17H2,1-5H3,(H,29,31)/t20-/m1/s1. The van der Waals surface area contributed by atoms with Crippen molar-refractivity contribution < 1.29 is 17.9 Å². The zero-order chi connectivity index (χ0) is 25.8. The van der Waals surface area contributed by atoms with E-state index in [9.17, 15) is 13.2 Å². The van der Waals surface area contributed by atoms with Crippen molar-refractivity contribution in [1.82, 2.24) is 5.32 Å². The van der Waals surface area contributed by atoms with Gasteiger partial charge in [0.05, 0.1) is 23.7 Å². The van der Waals surface area contributed by atoms with Crippen LogP contribution in [0.25, 0.3) is 0 Å². The lowest BCUT2D eigenvalue weighted by molar-refractivity contribution is -0.120. The van der Waals surface area contributed by atoms with Gasteiger partial charge in [0.2, 0.25) is 5.91 Å². The number of benzene rings is 3. The van der Waals surface area contributed by atoms with Crippen molar-refractivity contribution in [1.29, 1.82) is 0 Å². The molecule has 186 valence electrons. The van der Waals surface area contributed by atoms with Gasteiger partial charge in [-0.2, -0.15) is 0 Å². The lowest BCUT2D eigenvalue weighted by Crippen LogP contribution is -2.41. The maximum absolute atomic E-state index is 13.5. The van der Waals surface area contributed by atoms with Gasteiger partial charge in [-0.15, -0.1) is 0 Å². The first-order chi connectivity index (χ1) is 16.5. The second-order valence-electron chi connectivity index (χ2n) is 8.70. The smallest absolute Gasteiger partial charge is 0.264 e. The van der Waals surface area contributed by atoms with Crippen LogP contribution in [-0.4, -0.2) is 28.0 Å². The molecule has 0 spiro atoms. The summed E-state index contributed by atoms with van der Waals surface area (Å²) < 4.78 is 33.5. The Morgan fingerprint density at radius 3 is 2.20 bits per heavy atom. The first-order valence-corrected chi connectivity index (χ1v) is 13.2. The largest absolute Gasteiger partial charge is 0.496 e. The first-order valence-electron chi connectivity index (χ1n) is 11.4. The molecule has 0 saturated carbocycles. The molecule has 8 heteroatoms. The van der Waals surface area contributed by atoms with E-state index in [1.165, 1.54) is 12.1 Å². The first kappa shape index (κ1) is 26.6. The number of halogens is 1. The molecule has 0 aliphatic carbocycles. The van der Waals surface area contributed by atoms with Gasteiger partial charge in [-0.1, -0.05) is 43.6 Å². The molecule has 0 radical (unpaired) electrons. The maximum Gasteiger partial charge on any atom is 0.264 e. The second-order valence-corrected chi connectivity index (χ2v) is 11.0. The van der Waals surface area contributed by atoms with Gasteiger partial charge >= 0.3 is 0 Å². The van der Waals surface area contributed by atoms with Gasteiger partial charge in [-0.25, -0.2) is 8.42 Å². The van der Waals surface area contributed by atoms with Crippen LogP contribution < -0.4 is 14.4 Å². The molecule has 3 aromatic rings. The Morgan fingerprint density at radius 1 is 1.00 bits per heavy atom. The summed E-state index contributed by atoms with van der Waals surface area (Å²) in [4.78, 5) is 13.2. The molecule has 6 nitrogen and oxygen atoms in total. The minimum atomic E-state index is -3.98. The van der Waals surface area contributed by atoms with E-state index in [1.807, 2.05) is 26.0 Å². The molecule has 0 fully saturated rings. The molecule has 0 aliphatic heterocycles. The molecular formula is C27H31ClN2O4S. The van der Waals surface area contributed by atoms with Crippen molar-refractivity contribution in [3.63, 3.8) is 0 Å². The predicted molar refractivity (Wildman–Crippen MR) is 141 cm³/mol.